The molecule has 2 N–H and O–H groups in total. The van der Waals surface area contributed by atoms with Crippen molar-refractivity contribution in [1.29, 1.82) is 0 Å². The average molecular weight is 541 g/mol. The first-order chi connectivity index (χ1) is 17.9. The molecule has 38 heavy (non-hydrogen) atoms. The quantitative estimate of drug-likeness (QED) is 0.217. The van der Waals surface area contributed by atoms with Crippen molar-refractivity contribution in [2.75, 3.05) is 4.72 Å². The number of carboxylic acid groups (broad SMARTS) is 1. The number of sulfonamides is 1. The molecule has 3 rings (SSSR count). The summed E-state index contributed by atoms with van der Waals surface area (Å²) in [7, 11) is -3.91. The molecule has 0 aliphatic carbocycles. The number of hydrogen-bond acceptors (Lipinski definition) is 7. The van der Waals surface area contributed by atoms with Crippen molar-refractivity contribution in [3.8, 4) is 11.5 Å². The molecule has 10 heteroatoms. The van der Waals surface area contributed by atoms with E-state index in [2.05, 4.69) is 9.71 Å². The van der Waals surface area contributed by atoms with Crippen LogP contribution in [0.5, 0.6) is 11.5 Å². The Bertz CT molecular complexity index is 1330. The molecular weight excluding hydrogens is 508 g/mol. The van der Waals surface area contributed by atoms with Crippen molar-refractivity contribution in [2.24, 2.45) is 0 Å². The first-order valence-electron chi connectivity index (χ1n) is 12.2. The van der Waals surface area contributed by atoms with Gasteiger partial charge in [-0.25, -0.2) is 18.2 Å². The van der Waals surface area contributed by atoms with Crippen LogP contribution in [0.4, 0.5) is 5.82 Å². The lowest BCUT2D eigenvalue weighted by molar-refractivity contribution is -0.154. The first kappa shape index (κ1) is 28.6. The maximum atomic E-state index is 12.6. The number of aromatic carboxylic acids is 1. The lowest BCUT2D eigenvalue weighted by Gasteiger charge is -2.19. The summed E-state index contributed by atoms with van der Waals surface area (Å²) in [4.78, 5) is 26.5. The van der Waals surface area contributed by atoms with Gasteiger partial charge in [-0.1, -0.05) is 18.6 Å². The number of ether oxygens (including phenoxy) is 2. The molecule has 1 aromatic heterocycles. The fraction of sp³-hybridized carbons (Fsp3) is 0.321. The minimum absolute atomic E-state index is 0.0102. The van der Waals surface area contributed by atoms with Crippen LogP contribution in [0.25, 0.3) is 0 Å². The summed E-state index contributed by atoms with van der Waals surface area (Å²) >= 11 is 0. The number of esters is 1. The largest absolute Gasteiger partial charge is 0.478 e. The number of carboxylic acids is 1. The van der Waals surface area contributed by atoms with E-state index in [4.69, 9.17) is 14.6 Å². The van der Waals surface area contributed by atoms with Gasteiger partial charge in [-0.05, 0) is 94.1 Å². The Morgan fingerprint density at radius 2 is 1.53 bits per heavy atom. The molecule has 0 unspecified atom stereocenters. The lowest BCUT2D eigenvalue weighted by atomic mass is 10.1. The van der Waals surface area contributed by atoms with Crippen molar-refractivity contribution in [2.45, 2.75) is 63.4 Å². The summed E-state index contributed by atoms with van der Waals surface area (Å²) in [6.45, 7) is 5.59. The van der Waals surface area contributed by atoms with Crippen LogP contribution in [0.15, 0.2) is 71.8 Å². The number of aromatic nitrogens is 1. The molecule has 0 fully saturated rings. The zero-order chi connectivity index (χ0) is 27.8. The minimum atomic E-state index is -3.91. The summed E-state index contributed by atoms with van der Waals surface area (Å²) in [5.74, 6) is -0.203. The Morgan fingerprint density at radius 3 is 2.08 bits per heavy atom. The maximum Gasteiger partial charge on any atom is 0.337 e. The van der Waals surface area contributed by atoms with Gasteiger partial charge in [0, 0.05) is 12.6 Å². The fourth-order valence-electron chi connectivity index (χ4n) is 3.49. The summed E-state index contributed by atoms with van der Waals surface area (Å²) in [6.07, 6.45) is 5.09. The molecule has 0 aliphatic rings. The second kappa shape index (κ2) is 12.6. The van der Waals surface area contributed by atoms with Gasteiger partial charge in [-0.15, -0.1) is 0 Å². The second-order valence-corrected chi connectivity index (χ2v) is 11.4. The monoisotopic (exact) mass is 540 g/mol. The summed E-state index contributed by atoms with van der Waals surface area (Å²) in [6, 6.07) is 16.1. The molecule has 0 amide bonds. The van der Waals surface area contributed by atoms with Crippen LogP contribution in [-0.4, -0.2) is 36.0 Å². The lowest BCUT2D eigenvalue weighted by Crippen LogP contribution is -2.23. The van der Waals surface area contributed by atoms with Crippen molar-refractivity contribution >= 4 is 27.8 Å². The van der Waals surface area contributed by atoms with Crippen molar-refractivity contribution in [3.05, 3.63) is 78.0 Å². The van der Waals surface area contributed by atoms with E-state index >= 15 is 0 Å². The minimum Gasteiger partial charge on any atom is -0.478 e. The van der Waals surface area contributed by atoms with Crippen molar-refractivity contribution in [1.82, 2.24) is 4.98 Å². The number of anilines is 1. The van der Waals surface area contributed by atoms with Gasteiger partial charge in [-0.3, -0.25) is 9.52 Å². The Labute approximate surface area is 222 Å². The molecular formula is C28H32N2O7S. The molecule has 202 valence electrons. The number of unbranched alkanes of at least 4 members (excludes halogenated alkanes) is 2. The highest BCUT2D eigenvalue weighted by atomic mass is 32.2. The average Bonchev–Trinajstić information content (AvgIpc) is 2.84. The second-order valence-electron chi connectivity index (χ2n) is 9.71. The van der Waals surface area contributed by atoms with Gasteiger partial charge in [0.1, 0.15) is 22.9 Å². The highest BCUT2D eigenvalue weighted by Crippen LogP contribution is 2.24. The number of carbonyl (C=O) groups is 2. The SMILES string of the molecule is CC(C)(C)OC(=O)CCCCCc1ccc(Oc2ccc(S(=O)(=O)Nc3ccc(C(=O)O)cn3)cc2)cc1. The summed E-state index contributed by atoms with van der Waals surface area (Å²) in [5.41, 5.74) is 0.666. The Morgan fingerprint density at radius 1 is 0.895 bits per heavy atom. The van der Waals surface area contributed by atoms with E-state index < -0.39 is 21.6 Å². The molecule has 0 saturated carbocycles. The maximum absolute atomic E-state index is 12.6. The third-order valence-electron chi connectivity index (χ3n) is 5.31. The molecule has 2 aromatic carbocycles. The van der Waals surface area contributed by atoms with Crippen LogP contribution in [0.3, 0.4) is 0 Å². The van der Waals surface area contributed by atoms with Gasteiger partial charge in [0.25, 0.3) is 10.0 Å². The Kier molecular flexibility index (Phi) is 9.46. The highest BCUT2D eigenvalue weighted by Gasteiger charge is 2.16. The van der Waals surface area contributed by atoms with Gasteiger partial charge in [0.2, 0.25) is 0 Å². The molecule has 0 radical (unpaired) electrons. The van der Waals surface area contributed by atoms with Crippen LogP contribution < -0.4 is 9.46 Å². The van der Waals surface area contributed by atoms with E-state index in [0.717, 1.165) is 37.4 Å². The van der Waals surface area contributed by atoms with E-state index in [1.165, 1.54) is 24.3 Å². The smallest absolute Gasteiger partial charge is 0.337 e. The van der Waals surface area contributed by atoms with Crippen LogP contribution in [-0.2, 0) is 26.0 Å². The van der Waals surface area contributed by atoms with E-state index in [1.54, 1.807) is 12.1 Å². The van der Waals surface area contributed by atoms with Gasteiger partial charge in [-0.2, -0.15) is 0 Å². The number of hydrogen-bond donors (Lipinski definition) is 2. The molecule has 9 nitrogen and oxygen atoms in total. The number of rotatable bonds is 12. The molecule has 0 aliphatic heterocycles. The standard InChI is InChI=1S/C28H32N2O7S/c1-28(2,3)37-26(31)8-6-4-5-7-20-9-12-22(13-10-20)36-23-14-16-24(17-15-23)38(34,35)30-25-18-11-21(19-29-25)27(32)33/h9-19H,4-8H2,1-3H3,(H,29,30)(H,32,33). The van der Waals surface area contributed by atoms with E-state index in [0.29, 0.717) is 17.9 Å². The van der Waals surface area contributed by atoms with Gasteiger partial charge in [0.15, 0.2) is 0 Å². The van der Waals surface area contributed by atoms with Crippen LogP contribution >= 0.6 is 0 Å². The van der Waals surface area contributed by atoms with Crippen molar-refractivity contribution < 1.29 is 32.6 Å². The number of benzene rings is 2. The van der Waals surface area contributed by atoms with E-state index in [9.17, 15) is 18.0 Å². The van der Waals surface area contributed by atoms with Gasteiger partial charge >= 0.3 is 11.9 Å². The predicted molar refractivity (Wildman–Crippen MR) is 143 cm³/mol. The third kappa shape index (κ3) is 9.19. The van der Waals surface area contributed by atoms with E-state index in [1.807, 2.05) is 45.0 Å². The number of carbonyl (C=O) groups excluding carboxylic acids is 1. The fourth-order valence-corrected chi connectivity index (χ4v) is 4.50. The Balaban J connectivity index is 1.46. The zero-order valence-electron chi connectivity index (χ0n) is 21.6. The predicted octanol–water partition coefficient (Wildman–Crippen LogP) is 5.82. The molecule has 1 heterocycles. The molecule has 0 saturated heterocycles. The summed E-state index contributed by atoms with van der Waals surface area (Å²) < 4.78 is 38.7. The third-order valence-corrected chi connectivity index (χ3v) is 6.68. The Hall–Kier alpha value is -3.92. The first-order valence-corrected chi connectivity index (χ1v) is 13.7. The highest BCUT2D eigenvalue weighted by molar-refractivity contribution is 7.92. The number of nitrogens with zero attached hydrogens (tertiary/aromatic N) is 1. The zero-order valence-corrected chi connectivity index (χ0v) is 22.5. The molecule has 0 bridgehead atoms. The van der Waals surface area contributed by atoms with E-state index in [-0.39, 0.29) is 22.2 Å². The number of aryl methyl sites for hydroxylation is 1. The van der Waals surface area contributed by atoms with Gasteiger partial charge in [0.05, 0.1) is 10.5 Å². The normalized spacial score (nSPS) is 11.6. The topological polar surface area (TPSA) is 132 Å². The molecule has 0 spiro atoms. The molecule has 0 atom stereocenters. The van der Waals surface area contributed by atoms with Gasteiger partial charge < -0.3 is 14.6 Å². The van der Waals surface area contributed by atoms with Crippen LogP contribution in [0.1, 0.15) is 62.4 Å². The van der Waals surface area contributed by atoms with Crippen molar-refractivity contribution in [3.63, 3.8) is 0 Å². The van der Waals surface area contributed by atoms with Crippen LogP contribution in [0.2, 0.25) is 0 Å². The van der Waals surface area contributed by atoms with Crippen LogP contribution in [0, 0.1) is 0 Å². The summed E-state index contributed by atoms with van der Waals surface area (Å²) in [5, 5.41) is 8.92. The molecule has 3 aromatic rings. The number of pyridine rings is 1. The number of nitrogens with one attached hydrogen (secondary N) is 1.